The van der Waals surface area contributed by atoms with Crippen LogP contribution in [0.3, 0.4) is 0 Å². The molecule has 0 amide bonds. The van der Waals surface area contributed by atoms with E-state index in [1.165, 1.54) is 0 Å². The van der Waals surface area contributed by atoms with Crippen molar-refractivity contribution in [1.29, 1.82) is 0 Å². The molecule has 3 nitrogen and oxygen atoms in total. The minimum absolute atomic E-state index is 0.0701. The van der Waals surface area contributed by atoms with E-state index < -0.39 is 0 Å². The Morgan fingerprint density at radius 3 is 2.55 bits per heavy atom. The van der Waals surface area contributed by atoms with Crippen LogP contribution in [0.4, 0.5) is 0 Å². The molecule has 0 saturated carbocycles. The van der Waals surface area contributed by atoms with Crippen molar-refractivity contribution in [2.45, 2.75) is 37.3 Å². The second-order valence-electron chi connectivity index (χ2n) is 4.97. The molecule has 0 aliphatic carbocycles. The highest BCUT2D eigenvalue weighted by atomic mass is 35.5. The average Bonchev–Trinajstić information content (AvgIpc) is 2.81. The maximum absolute atomic E-state index is 6.01. The number of nitrogens with zero attached hydrogens (tertiary/aromatic N) is 2. The number of halogens is 2. The molecule has 0 aliphatic rings. The second kappa shape index (κ2) is 6.83. The highest BCUT2D eigenvalue weighted by Gasteiger charge is 2.16. The highest BCUT2D eigenvalue weighted by Crippen LogP contribution is 2.36. The monoisotopic (exact) mass is 330 g/mol. The zero-order valence-electron chi connectivity index (χ0n) is 11.6. The quantitative estimate of drug-likeness (QED) is 0.685. The van der Waals surface area contributed by atoms with Gasteiger partial charge in [0.25, 0.3) is 0 Å². The molecule has 20 heavy (non-hydrogen) atoms. The minimum atomic E-state index is 0.0701. The molecule has 1 atom stereocenters. The lowest BCUT2D eigenvalue weighted by molar-refractivity contribution is 0.426. The molecule has 2 rings (SSSR count). The first-order chi connectivity index (χ1) is 9.45. The second-order valence-corrected chi connectivity index (χ2v) is 7.20. The molecule has 6 heteroatoms. The SMILES string of the molecule is CC(C)Cc1nnc(C(C)Sc2ccc(Cl)c(Cl)c2)o1. The third-order valence-electron chi connectivity index (χ3n) is 2.62. The molecule has 1 heterocycles. The molecule has 1 aromatic carbocycles. The Morgan fingerprint density at radius 2 is 1.90 bits per heavy atom. The molecule has 2 aromatic rings. The van der Waals surface area contributed by atoms with Gasteiger partial charge in [-0.05, 0) is 31.0 Å². The van der Waals surface area contributed by atoms with Crippen molar-refractivity contribution in [2.24, 2.45) is 5.92 Å². The number of hydrogen-bond donors (Lipinski definition) is 0. The van der Waals surface area contributed by atoms with Crippen molar-refractivity contribution >= 4 is 35.0 Å². The summed E-state index contributed by atoms with van der Waals surface area (Å²) in [5, 5.41) is 9.36. The minimum Gasteiger partial charge on any atom is -0.424 e. The van der Waals surface area contributed by atoms with Gasteiger partial charge in [0.2, 0.25) is 11.8 Å². The maximum Gasteiger partial charge on any atom is 0.229 e. The molecule has 0 radical (unpaired) electrons. The molecule has 0 aliphatic heterocycles. The van der Waals surface area contributed by atoms with E-state index >= 15 is 0 Å². The van der Waals surface area contributed by atoms with Crippen LogP contribution in [0.25, 0.3) is 0 Å². The molecular weight excluding hydrogens is 315 g/mol. The van der Waals surface area contributed by atoms with Crippen LogP contribution in [-0.2, 0) is 6.42 Å². The van der Waals surface area contributed by atoms with Gasteiger partial charge in [0.05, 0.1) is 15.3 Å². The fourth-order valence-corrected chi connectivity index (χ4v) is 2.97. The van der Waals surface area contributed by atoms with Gasteiger partial charge in [0.15, 0.2) is 0 Å². The zero-order valence-corrected chi connectivity index (χ0v) is 13.9. The van der Waals surface area contributed by atoms with E-state index in [2.05, 4.69) is 24.0 Å². The predicted molar refractivity (Wildman–Crippen MR) is 83.6 cm³/mol. The lowest BCUT2D eigenvalue weighted by atomic mass is 10.1. The van der Waals surface area contributed by atoms with Crippen LogP contribution in [0.2, 0.25) is 10.0 Å². The Morgan fingerprint density at radius 1 is 1.15 bits per heavy atom. The molecule has 0 saturated heterocycles. The first kappa shape index (κ1) is 15.7. The Kier molecular flexibility index (Phi) is 5.35. The van der Waals surface area contributed by atoms with Crippen LogP contribution in [0.1, 0.15) is 37.8 Å². The van der Waals surface area contributed by atoms with Crippen LogP contribution >= 0.6 is 35.0 Å². The molecule has 0 spiro atoms. The Balaban J connectivity index is 2.05. The van der Waals surface area contributed by atoms with Crippen LogP contribution < -0.4 is 0 Å². The van der Waals surface area contributed by atoms with Crippen molar-refractivity contribution in [3.8, 4) is 0 Å². The number of aromatic nitrogens is 2. The van der Waals surface area contributed by atoms with Crippen molar-refractivity contribution in [2.75, 3.05) is 0 Å². The molecule has 108 valence electrons. The van der Waals surface area contributed by atoms with Gasteiger partial charge in [-0.3, -0.25) is 0 Å². The van der Waals surface area contributed by atoms with E-state index in [1.54, 1.807) is 17.8 Å². The topological polar surface area (TPSA) is 38.9 Å². The molecule has 1 unspecified atom stereocenters. The van der Waals surface area contributed by atoms with Crippen LogP contribution in [0.5, 0.6) is 0 Å². The van der Waals surface area contributed by atoms with Gasteiger partial charge < -0.3 is 4.42 Å². The molecule has 0 bridgehead atoms. The standard InChI is InChI=1S/C14H16Cl2N2OS/c1-8(2)6-13-17-18-14(19-13)9(3)20-10-4-5-11(15)12(16)7-10/h4-5,7-9H,6H2,1-3H3. The summed E-state index contributed by atoms with van der Waals surface area (Å²) in [5.74, 6) is 1.83. The lowest BCUT2D eigenvalue weighted by Gasteiger charge is -2.07. The summed E-state index contributed by atoms with van der Waals surface area (Å²) in [4.78, 5) is 1.02. The number of hydrogen-bond acceptors (Lipinski definition) is 4. The summed E-state index contributed by atoms with van der Waals surface area (Å²) in [6.07, 6.45) is 0.803. The van der Waals surface area contributed by atoms with Gasteiger partial charge in [0.1, 0.15) is 0 Å². The molecule has 1 aromatic heterocycles. The van der Waals surface area contributed by atoms with Crippen LogP contribution in [0, 0.1) is 5.92 Å². The fourth-order valence-electron chi connectivity index (χ4n) is 1.67. The average molecular weight is 331 g/mol. The Bertz CT molecular complexity index is 586. The first-order valence-corrected chi connectivity index (χ1v) is 8.03. The highest BCUT2D eigenvalue weighted by molar-refractivity contribution is 7.99. The van der Waals surface area contributed by atoms with E-state index in [9.17, 15) is 0 Å². The van der Waals surface area contributed by atoms with Crippen LogP contribution in [-0.4, -0.2) is 10.2 Å². The largest absolute Gasteiger partial charge is 0.424 e. The van der Waals surface area contributed by atoms with Gasteiger partial charge in [-0.25, -0.2) is 0 Å². The summed E-state index contributed by atoms with van der Waals surface area (Å²) in [7, 11) is 0. The predicted octanol–water partition coefficient (Wildman–Crippen LogP) is 5.43. The van der Waals surface area contributed by atoms with E-state index in [4.69, 9.17) is 27.6 Å². The van der Waals surface area contributed by atoms with E-state index in [0.29, 0.717) is 27.7 Å². The summed E-state index contributed by atoms with van der Waals surface area (Å²) in [5.41, 5.74) is 0. The van der Waals surface area contributed by atoms with Gasteiger partial charge in [0, 0.05) is 11.3 Å². The summed E-state index contributed by atoms with van der Waals surface area (Å²) < 4.78 is 5.68. The molecular formula is C14H16Cl2N2OS. The fraction of sp³-hybridized carbons (Fsp3) is 0.429. The van der Waals surface area contributed by atoms with Crippen molar-refractivity contribution in [3.05, 3.63) is 40.0 Å². The summed E-state index contributed by atoms with van der Waals surface area (Å²) in [6, 6.07) is 5.56. The van der Waals surface area contributed by atoms with Gasteiger partial charge in [-0.2, -0.15) is 0 Å². The summed E-state index contributed by atoms with van der Waals surface area (Å²) in [6.45, 7) is 6.27. The van der Waals surface area contributed by atoms with Gasteiger partial charge >= 0.3 is 0 Å². The van der Waals surface area contributed by atoms with E-state index in [-0.39, 0.29) is 5.25 Å². The maximum atomic E-state index is 6.01. The number of benzene rings is 1. The number of rotatable bonds is 5. The Hall–Kier alpha value is -0.710. The smallest absolute Gasteiger partial charge is 0.229 e. The number of thioether (sulfide) groups is 1. The van der Waals surface area contributed by atoms with Gasteiger partial charge in [-0.1, -0.05) is 37.0 Å². The zero-order chi connectivity index (χ0) is 14.7. The van der Waals surface area contributed by atoms with Crippen molar-refractivity contribution < 1.29 is 4.42 Å². The molecule has 0 fully saturated rings. The van der Waals surface area contributed by atoms with E-state index in [1.807, 2.05) is 19.1 Å². The van der Waals surface area contributed by atoms with Crippen molar-refractivity contribution in [3.63, 3.8) is 0 Å². The Labute approximate surface area is 133 Å². The third-order valence-corrected chi connectivity index (χ3v) is 4.44. The lowest BCUT2D eigenvalue weighted by Crippen LogP contribution is -1.93. The molecule has 0 N–H and O–H groups in total. The van der Waals surface area contributed by atoms with Crippen molar-refractivity contribution in [1.82, 2.24) is 10.2 Å². The van der Waals surface area contributed by atoms with E-state index in [0.717, 1.165) is 11.3 Å². The third kappa shape index (κ3) is 4.14. The van der Waals surface area contributed by atoms with Gasteiger partial charge in [-0.15, -0.1) is 22.0 Å². The summed E-state index contributed by atoms with van der Waals surface area (Å²) >= 11 is 13.5. The first-order valence-electron chi connectivity index (χ1n) is 6.39. The normalized spacial score (nSPS) is 12.9. The van der Waals surface area contributed by atoms with Crippen LogP contribution in [0.15, 0.2) is 27.5 Å².